The van der Waals surface area contributed by atoms with Crippen LogP contribution in [0.4, 0.5) is 4.79 Å². The molecule has 202 valence electrons. The second kappa shape index (κ2) is 13.7. The van der Waals surface area contributed by atoms with E-state index >= 15 is 0 Å². The van der Waals surface area contributed by atoms with Gasteiger partial charge in [0.2, 0.25) is 5.75 Å². The minimum atomic E-state index is -0.333. The van der Waals surface area contributed by atoms with E-state index in [1.165, 1.54) is 26.9 Å². The van der Waals surface area contributed by atoms with E-state index in [1.807, 2.05) is 32.0 Å². The molecule has 3 rings (SSSR count). The number of hydrogen-bond acceptors (Lipinski definition) is 7. The predicted octanol–water partition coefficient (Wildman–Crippen LogP) is 3.81. The second-order valence-electron chi connectivity index (χ2n) is 9.01. The molecule has 9 heteroatoms. The number of hydrogen-bond donors (Lipinski definition) is 1. The molecule has 0 bridgehead atoms. The van der Waals surface area contributed by atoms with E-state index in [0.29, 0.717) is 42.4 Å². The fraction of sp³-hybridized carbons (Fsp3) is 0.500. The Hall–Kier alpha value is -3.46. The Morgan fingerprint density at radius 3 is 2.22 bits per heavy atom. The number of nitrogens with one attached hydrogen (secondary N) is 1. The first-order valence-corrected chi connectivity index (χ1v) is 12.7. The summed E-state index contributed by atoms with van der Waals surface area (Å²) in [6, 6.07) is 13.4. The number of carbonyl (C=O) groups is 2. The molecule has 1 aliphatic rings. The molecule has 0 aromatic heterocycles. The summed E-state index contributed by atoms with van der Waals surface area (Å²) in [6.07, 6.45) is 0.399. The van der Waals surface area contributed by atoms with Gasteiger partial charge in [-0.3, -0.25) is 9.69 Å². The van der Waals surface area contributed by atoms with Gasteiger partial charge in [-0.25, -0.2) is 4.79 Å². The van der Waals surface area contributed by atoms with Gasteiger partial charge in [-0.15, -0.1) is 0 Å². The zero-order chi connectivity index (χ0) is 26.8. The molecule has 0 spiro atoms. The number of carbonyl (C=O) groups excluding carboxylic acids is 2. The summed E-state index contributed by atoms with van der Waals surface area (Å²) in [7, 11) is 4.55. The van der Waals surface area contributed by atoms with Crippen molar-refractivity contribution >= 4 is 12.0 Å². The van der Waals surface area contributed by atoms with Crippen molar-refractivity contribution < 1.29 is 28.5 Å². The van der Waals surface area contributed by atoms with Crippen molar-refractivity contribution in [3.05, 3.63) is 53.6 Å². The van der Waals surface area contributed by atoms with Crippen LogP contribution in [0.2, 0.25) is 0 Å². The van der Waals surface area contributed by atoms with Crippen molar-refractivity contribution in [3.63, 3.8) is 0 Å². The summed E-state index contributed by atoms with van der Waals surface area (Å²) in [5.74, 6) is 0.935. The highest BCUT2D eigenvalue weighted by atomic mass is 16.6. The Morgan fingerprint density at radius 1 is 1.00 bits per heavy atom. The van der Waals surface area contributed by atoms with Crippen LogP contribution in [0.3, 0.4) is 0 Å². The third-order valence-corrected chi connectivity index (χ3v) is 6.75. The number of piperidine rings is 1. The van der Waals surface area contributed by atoms with Gasteiger partial charge in [-0.2, -0.15) is 0 Å². The van der Waals surface area contributed by atoms with E-state index in [4.69, 9.17) is 18.9 Å². The van der Waals surface area contributed by atoms with Crippen molar-refractivity contribution in [2.24, 2.45) is 5.92 Å². The van der Waals surface area contributed by atoms with E-state index < -0.39 is 0 Å². The lowest BCUT2D eigenvalue weighted by molar-refractivity contribution is 0.0483. The number of methoxy groups -OCH3 is 3. The second-order valence-corrected chi connectivity index (χ2v) is 9.01. The fourth-order valence-corrected chi connectivity index (χ4v) is 4.67. The van der Waals surface area contributed by atoms with Gasteiger partial charge in [0.15, 0.2) is 11.5 Å². The van der Waals surface area contributed by atoms with Crippen molar-refractivity contribution in [2.45, 2.75) is 32.9 Å². The van der Waals surface area contributed by atoms with Gasteiger partial charge in [0.05, 0.1) is 27.9 Å². The normalized spacial score (nSPS) is 17.5. The first-order valence-electron chi connectivity index (χ1n) is 12.7. The standard InChI is InChI=1S/C28H39N3O6/c1-6-31(7-2)28(33)37-19-22-18-30(17-20-11-9-8-10-12-20)14-13-23(22)29-27(32)21-15-24(34-3)26(36-5)25(16-21)35-4/h8-12,15-16,22-23H,6-7,13-14,17-19H2,1-5H3,(H,29,32)/t22-,23+/m1/s1. The van der Waals surface area contributed by atoms with E-state index in [1.54, 1.807) is 17.0 Å². The lowest BCUT2D eigenvalue weighted by atomic mass is 9.92. The number of ether oxygens (including phenoxy) is 4. The minimum Gasteiger partial charge on any atom is -0.493 e. The topological polar surface area (TPSA) is 89.6 Å². The summed E-state index contributed by atoms with van der Waals surface area (Å²) >= 11 is 0. The molecule has 0 aliphatic carbocycles. The quantitative estimate of drug-likeness (QED) is 0.489. The highest BCUT2D eigenvalue weighted by Gasteiger charge is 2.32. The van der Waals surface area contributed by atoms with Crippen LogP contribution in [0, 0.1) is 5.92 Å². The maximum Gasteiger partial charge on any atom is 0.409 e. The van der Waals surface area contributed by atoms with Crippen LogP contribution < -0.4 is 19.5 Å². The van der Waals surface area contributed by atoms with Gasteiger partial charge >= 0.3 is 6.09 Å². The van der Waals surface area contributed by atoms with Crippen molar-refractivity contribution in [1.29, 1.82) is 0 Å². The van der Waals surface area contributed by atoms with Crippen LogP contribution in [-0.2, 0) is 11.3 Å². The average Bonchev–Trinajstić information content (AvgIpc) is 2.93. The molecule has 2 amide bonds. The Morgan fingerprint density at radius 2 is 1.65 bits per heavy atom. The van der Waals surface area contributed by atoms with Crippen LogP contribution in [0.5, 0.6) is 17.2 Å². The molecule has 2 atom stereocenters. The molecular weight excluding hydrogens is 474 g/mol. The molecule has 2 aromatic rings. The van der Waals surface area contributed by atoms with Crippen LogP contribution in [-0.4, -0.2) is 82.0 Å². The highest BCUT2D eigenvalue weighted by molar-refractivity contribution is 5.95. The molecule has 1 saturated heterocycles. The van der Waals surface area contributed by atoms with Gasteiger partial charge in [-0.05, 0) is 38.0 Å². The molecule has 2 aromatic carbocycles. The monoisotopic (exact) mass is 513 g/mol. The number of nitrogens with zero attached hydrogens (tertiary/aromatic N) is 2. The van der Waals surface area contributed by atoms with Crippen LogP contribution in [0.1, 0.15) is 36.2 Å². The van der Waals surface area contributed by atoms with Crippen LogP contribution >= 0.6 is 0 Å². The molecule has 1 fully saturated rings. The van der Waals surface area contributed by atoms with Gasteiger partial charge in [0.25, 0.3) is 5.91 Å². The number of rotatable bonds is 11. The molecule has 37 heavy (non-hydrogen) atoms. The van der Waals surface area contributed by atoms with Crippen molar-refractivity contribution in [3.8, 4) is 17.2 Å². The van der Waals surface area contributed by atoms with Gasteiger partial charge in [0.1, 0.15) is 0 Å². The zero-order valence-electron chi connectivity index (χ0n) is 22.5. The maximum atomic E-state index is 13.3. The Labute approximate surface area is 219 Å². The zero-order valence-corrected chi connectivity index (χ0v) is 22.5. The maximum absolute atomic E-state index is 13.3. The lowest BCUT2D eigenvalue weighted by Gasteiger charge is -2.39. The molecule has 9 nitrogen and oxygen atoms in total. The van der Waals surface area contributed by atoms with Gasteiger partial charge in [-0.1, -0.05) is 30.3 Å². The number of amides is 2. The van der Waals surface area contributed by atoms with Crippen LogP contribution in [0.15, 0.2) is 42.5 Å². The molecular formula is C28H39N3O6. The predicted molar refractivity (Wildman–Crippen MR) is 141 cm³/mol. The molecule has 1 N–H and O–H groups in total. The van der Waals surface area contributed by atoms with E-state index in [9.17, 15) is 9.59 Å². The smallest absolute Gasteiger partial charge is 0.409 e. The fourth-order valence-electron chi connectivity index (χ4n) is 4.67. The van der Waals surface area contributed by atoms with E-state index in [0.717, 1.165) is 19.5 Å². The third-order valence-electron chi connectivity index (χ3n) is 6.75. The van der Waals surface area contributed by atoms with Crippen LogP contribution in [0.25, 0.3) is 0 Å². The number of likely N-dealkylation sites (tertiary alicyclic amines) is 1. The first-order chi connectivity index (χ1) is 17.9. The third kappa shape index (κ3) is 7.29. The van der Waals surface area contributed by atoms with Gasteiger partial charge < -0.3 is 29.2 Å². The molecule has 0 radical (unpaired) electrons. The van der Waals surface area contributed by atoms with E-state index in [2.05, 4.69) is 22.3 Å². The Kier molecular flexibility index (Phi) is 10.4. The summed E-state index contributed by atoms with van der Waals surface area (Å²) < 4.78 is 21.9. The summed E-state index contributed by atoms with van der Waals surface area (Å²) in [6.45, 7) is 7.55. The lowest BCUT2D eigenvalue weighted by Crippen LogP contribution is -2.52. The summed E-state index contributed by atoms with van der Waals surface area (Å²) in [4.78, 5) is 29.8. The highest BCUT2D eigenvalue weighted by Crippen LogP contribution is 2.38. The molecule has 1 aliphatic heterocycles. The molecule has 0 unspecified atom stereocenters. The number of benzene rings is 2. The SMILES string of the molecule is CCN(CC)C(=O)OC[C@H]1CN(Cc2ccccc2)CC[C@@H]1NC(=O)c1cc(OC)c(OC)c(OC)c1. The summed E-state index contributed by atoms with van der Waals surface area (Å²) in [5, 5.41) is 3.17. The first kappa shape index (κ1) is 28.1. The molecule has 1 heterocycles. The largest absolute Gasteiger partial charge is 0.493 e. The molecule has 0 saturated carbocycles. The minimum absolute atomic E-state index is 0.0667. The average molecular weight is 514 g/mol. The van der Waals surface area contributed by atoms with Crippen molar-refractivity contribution in [2.75, 3.05) is 54.1 Å². The Bertz CT molecular complexity index is 1000. The van der Waals surface area contributed by atoms with Crippen molar-refractivity contribution in [1.82, 2.24) is 15.1 Å². The summed E-state index contributed by atoms with van der Waals surface area (Å²) in [5.41, 5.74) is 1.63. The van der Waals surface area contributed by atoms with Gasteiger partial charge in [0, 0.05) is 50.2 Å². The Balaban J connectivity index is 1.76. The van der Waals surface area contributed by atoms with E-state index in [-0.39, 0.29) is 30.6 Å².